The number of ether oxygens (including phenoxy) is 1. The van der Waals surface area contributed by atoms with Gasteiger partial charge in [0.2, 0.25) is 10.0 Å². The summed E-state index contributed by atoms with van der Waals surface area (Å²) in [7, 11) is -5.98. The Balaban J connectivity index is 2.24. The van der Waals surface area contributed by atoms with Gasteiger partial charge in [-0.15, -0.1) is 0 Å². The lowest BCUT2D eigenvalue weighted by atomic mass is 10.3. The van der Waals surface area contributed by atoms with E-state index in [1.807, 2.05) is 0 Å². The molecule has 0 aliphatic rings. The van der Waals surface area contributed by atoms with Crippen molar-refractivity contribution in [3.8, 4) is 5.75 Å². The van der Waals surface area contributed by atoms with Crippen LogP contribution in [0.4, 0.5) is 5.69 Å². The highest BCUT2D eigenvalue weighted by molar-refractivity contribution is 9.10. The van der Waals surface area contributed by atoms with Crippen LogP contribution in [0.3, 0.4) is 0 Å². The minimum atomic E-state index is -3.83. The second-order valence-corrected chi connectivity index (χ2v) is 9.95. The maximum atomic E-state index is 12.5. The molecule has 0 amide bonds. The molecule has 26 heavy (non-hydrogen) atoms. The Bertz CT molecular complexity index is 988. The number of halogens is 1. The standard InChI is InChI=1S/C16H19BrN2O5S2/c1-11(2)18-25(20,21)13-6-4-12(5-7-13)19-26(22,23)14-8-9-16(24-3)15(17)10-14/h4-11,18-19H,1-3H3. The first-order valence-corrected chi connectivity index (χ1v) is 11.3. The number of anilines is 1. The molecule has 0 radical (unpaired) electrons. The molecule has 2 aromatic rings. The van der Waals surface area contributed by atoms with Crippen LogP contribution in [-0.4, -0.2) is 30.0 Å². The third-order valence-corrected chi connectivity index (χ3v) is 6.91. The average Bonchev–Trinajstić information content (AvgIpc) is 2.53. The Morgan fingerprint density at radius 3 is 2.00 bits per heavy atom. The van der Waals surface area contributed by atoms with Gasteiger partial charge in [0.25, 0.3) is 10.0 Å². The van der Waals surface area contributed by atoms with Gasteiger partial charge in [-0.2, -0.15) is 0 Å². The molecule has 0 aliphatic heterocycles. The molecular weight excluding hydrogens is 444 g/mol. The van der Waals surface area contributed by atoms with Crippen molar-refractivity contribution >= 4 is 41.7 Å². The highest BCUT2D eigenvalue weighted by Crippen LogP contribution is 2.28. The summed E-state index contributed by atoms with van der Waals surface area (Å²) in [6, 6.07) is 9.59. The van der Waals surface area contributed by atoms with E-state index < -0.39 is 20.0 Å². The van der Waals surface area contributed by atoms with Gasteiger partial charge in [0.05, 0.1) is 21.4 Å². The molecule has 10 heteroatoms. The zero-order chi connectivity index (χ0) is 19.5. The van der Waals surface area contributed by atoms with Crippen molar-refractivity contribution in [1.29, 1.82) is 0 Å². The summed E-state index contributed by atoms with van der Waals surface area (Å²) in [6.45, 7) is 3.43. The van der Waals surface area contributed by atoms with Gasteiger partial charge in [-0.3, -0.25) is 4.72 Å². The SMILES string of the molecule is COc1ccc(S(=O)(=O)Nc2ccc(S(=O)(=O)NC(C)C)cc2)cc1Br. The summed E-state index contributed by atoms with van der Waals surface area (Å²) in [6.07, 6.45) is 0. The molecule has 0 spiro atoms. The molecule has 0 saturated carbocycles. The van der Waals surface area contributed by atoms with Crippen LogP contribution < -0.4 is 14.2 Å². The molecule has 0 fully saturated rings. The molecule has 0 heterocycles. The van der Waals surface area contributed by atoms with Gasteiger partial charge in [0.1, 0.15) is 5.75 Å². The van der Waals surface area contributed by atoms with E-state index in [1.165, 1.54) is 49.6 Å². The second kappa shape index (κ2) is 7.95. The first kappa shape index (κ1) is 20.7. The molecule has 7 nitrogen and oxygen atoms in total. The first-order valence-electron chi connectivity index (χ1n) is 7.54. The number of sulfonamides is 2. The molecule has 0 saturated heterocycles. The molecule has 0 aromatic heterocycles. The predicted molar refractivity (Wildman–Crippen MR) is 103 cm³/mol. The van der Waals surface area contributed by atoms with Crippen molar-refractivity contribution in [1.82, 2.24) is 4.72 Å². The monoisotopic (exact) mass is 462 g/mol. The maximum Gasteiger partial charge on any atom is 0.261 e. The molecule has 142 valence electrons. The average molecular weight is 463 g/mol. The van der Waals surface area contributed by atoms with Crippen molar-refractivity contribution in [2.45, 2.75) is 29.7 Å². The van der Waals surface area contributed by atoms with Gasteiger partial charge < -0.3 is 4.74 Å². The maximum absolute atomic E-state index is 12.5. The van der Waals surface area contributed by atoms with Crippen molar-refractivity contribution in [2.24, 2.45) is 0 Å². The first-order chi connectivity index (χ1) is 12.0. The largest absolute Gasteiger partial charge is 0.496 e. The molecule has 2 aromatic carbocycles. The van der Waals surface area contributed by atoms with E-state index >= 15 is 0 Å². The van der Waals surface area contributed by atoms with E-state index in [9.17, 15) is 16.8 Å². The van der Waals surface area contributed by atoms with Crippen LogP contribution >= 0.6 is 15.9 Å². The number of benzene rings is 2. The lowest BCUT2D eigenvalue weighted by Gasteiger charge is -2.12. The van der Waals surface area contributed by atoms with Crippen LogP contribution in [0.15, 0.2) is 56.7 Å². The Kier molecular flexibility index (Phi) is 6.33. The fraction of sp³-hybridized carbons (Fsp3) is 0.250. The summed E-state index contributed by atoms with van der Waals surface area (Å²) in [5.74, 6) is 0.510. The van der Waals surface area contributed by atoms with Crippen LogP contribution in [0, 0.1) is 0 Å². The molecule has 0 atom stereocenters. The number of hydrogen-bond acceptors (Lipinski definition) is 5. The van der Waals surface area contributed by atoms with E-state index in [4.69, 9.17) is 4.74 Å². The van der Waals surface area contributed by atoms with Gasteiger partial charge in [-0.05, 0) is 72.2 Å². The summed E-state index contributed by atoms with van der Waals surface area (Å²) < 4.78 is 59.6. The number of methoxy groups -OCH3 is 1. The number of hydrogen-bond donors (Lipinski definition) is 2. The molecule has 0 aliphatic carbocycles. The Morgan fingerprint density at radius 1 is 0.923 bits per heavy atom. The minimum absolute atomic E-state index is 0.0448. The zero-order valence-electron chi connectivity index (χ0n) is 14.4. The van der Waals surface area contributed by atoms with Crippen LogP contribution in [0.25, 0.3) is 0 Å². The molecule has 0 unspecified atom stereocenters. The van der Waals surface area contributed by atoms with Gasteiger partial charge >= 0.3 is 0 Å². The highest BCUT2D eigenvalue weighted by atomic mass is 79.9. The van der Waals surface area contributed by atoms with E-state index in [-0.39, 0.29) is 21.5 Å². The van der Waals surface area contributed by atoms with Crippen molar-refractivity contribution < 1.29 is 21.6 Å². The van der Waals surface area contributed by atoms with Crippen LogP contribution in [-0.2, 0) is 20.0 Å². The zero-order valence-corrected chi connectivity index (χ0v) is 17.6. The summed E-state index contributed by atoms with van der Waals surface area (Å²) in [4.78, 5) is 0.102. The minimum Gasteiger partial charge on any atom is -0.496 e. The summed E-state index contributed by atoms with van der Waals surface area (Å²) in [5, 5.41) is 0. The van der Waals surface area contributed by atoms with Crippen LogP contribution in [0.2, 0.25) is 0 Å². The Labute approximate surface area is 162 Å². The number of rotatable bonds is 7. The third kappa shape index (κ3) is 4.97. The molecule has 2 rings (SSSR count). The molecular formula is C16H19BrN2O5S2. The van der Waals surface area contributed by atoms with E-state index in [1.54, 1.807) is 13.8 Å². The van der Waals surface area contributed by atoms with Gasteiger partial charge in [-0.1, -0.05) is 0 Å². The lowest BCUT2D eigenvalue weighted by Crippen LogP contribution is -2.30. The quantitative estimate of drug-likeness (QED) is 0.658. The molecule has 0 bridgehead atoms. The van der Waals surface area contributed by atoms with E-state index in [0.717, 1.165) is 0 Å². The fourth-order valence-corrected chi connectivity index (χ4v) is 5.14. The summed E-state index contributed by atoms with van der Waals surface area (Å²) in [5.41, 5.74) is 0.250. The fourth-order valence-electron chi connectivity index (χ4n) is 2.11. The van der Waals surface area contributed by atoms with Crippen molar-refractivity contribution in [2.75, 3.05) is 11.8 Å². The van der Waals surface area contributed by atoms with E-state index in [2.05, 4.69) is 25.4 Å². The van der Waals surface area contributed by atoms with Gasteiger partial charge in [-0.25, -0.2) is 21.6 Å². The third-order valence-electron chi connectivity index (χ3n) is 3.24. The second-order valence-electron chi connectivity index (χ2n) is 5.70. The van der Waals surface area contributed by atoms with Crippen molar-refractivity contribution in [3.63, 3.8) is 0 Å². The normalized spacial score (nSPS) is 12.2. The van der Waals surface area contributed by atoms with Gasteiger partial charge in [0.15, 0.2) is 0 Å². The van der Waals surface area contributed by atoms with Crippen LogP contribution in [0.5, 0.6) is 5.75 Å². The topological polar surface area (TPSA) is 102 Å². The van der Waals surface area contributed by atoms with Crippen molar-refractivity contribution in [3.05, 3.63) is 46.9 Å². The summed E-state index contributed by atoms with van der Waals surface area (Å²) >= 11 is 3.25. The number of nitrogens with one attached hydrogen (secondary N) is 2. The lowest BCUT2D eigenvalue weighted by molar-refractivity contribution is 0.411. The Hall–Kier alpha value is -1.62. The van der Waals surface area contributed by atoms with E-state index in [0.29, 0.717) is 10.2 Å². The smallest absolute Gasteiger partial charge is 0.261 e. The highest BCUT2D eigenvalue weighted by Gasteiger charge is 2.18. The molecule has 2 N–H and O–H groups in total. The van der Waals surface area contributed by atoms with Gasteiger partial charge in [0, 0.05) is 11.7 Å². The predicted octanol–water partition coefficient (Wildman–Crippen LogP) is 2.95. The Morgan fingerprint density at radius 2 is 1.50 bits per heavy atom. The van der Waals surface area contributed by atoms with Crippen LogP contribution in [0.1, 0.15) is 13.8 Å².